The Kier molecular flexibility index (Phi) is 6.64. The molecule has 1 heterocycles. The van der Waals surface area contributed by atoms with Gasteiger partial charge in [-0.05, 0) is 43.2 Å². The van der Waals surface area contributed by atoms with Crippen molar-refractivity contribution in [3.05, 3.63) is 35.6 Å². The summed E-state index contributed by atoms with van der Waals surface area (Å²) < 4.78 is 13.8. The van der Waals surface area contributed by atoms with E-state index in [1.165, 1.54) is 37.8 Å². The van der Waals surface area contributed by atoms with Crippen LogP contribution in [0.1, 0.15) is 61.7 Å². The molecule has 5 heteroatoms. The molecule has 142 valence electrons. The molecule has 1 aliphatic carbocycles. The summed E-state index contributed by atoms with van der Waals surface area (Å²) in [6, 6.07) is 6.13. The van der Waals surface area contributed by atoms with Crippen LogP contribution < -0.4 is 5.32 Å². The van der Waals surface area contributed by atoms with Gasteiger partial charge in [-0.3, -0.25) is 9.59 Å². The Morgan fingerprint density at radius 3 is 2.42 bits per heavy atom. The molecule has 1 N–H and O–H groups in total. The van der Waals surface area contributed by atoms with E-state index in [4.69, 9.17) is 0 Å². The van der Waals surface area contributed by atoms with E-state index < -0.39 is 5.82 Å². The molecule has 0 atom stereocenters. The third-order valence-corrected chi connectivity index (χ3v) is 5.85. The Bertz CT molecular complexity index is 620. The van der Waals surface area contributed by atoms with E-state index in [9.17, 15) is 14.0 Å². The van der Waals surface area contributed by atoms with E-state index in [2.05, 4.69) is 5.32 Å². The van der Waals surface area contributed by atoms with E-state index in [0.717, 1.165) is 25.2 Å². The van der Waals surface area contributed by atoms with Gasteiger partial charge in [0.1, 0.15) is 5.82 Å². The SMILES string of the molecule is O=C(CCC1CCCC1)NCC1CCN(C(=O)c2ccccc2F)CC1. The number of nitrogens with zero attached hydrogens (tertiary/aromatic N) is 1. The Morgan fingerprint density at radius 2 is 1.73 bits per heavy atom. The Morgan fingerprint density at radius 1 is 1.04 bits per heavy atom. The zero-order chi connectivity index (χ0) is 18.4. The van der Waals surface area contributed by atoms with Crippen molar-refractivity contribution in [1.29, 1.82) is 0 Å². The number of carbonyl (C=O) groups is 2. The molecule has 3 rings (SSSR count). The molecule has 4 nitrogen and oxygen atoms in total. The fourth-order valence-corrected chi connectivity index (χ4v) is 4.13. The van der Waals surface area contributed by atoms with Crippen LogP contribution in [0.4, 0.5) is 4.39 Å². The average molecular weight is 360 g/mol. The van der Waals surface area contributed by atoms with Crippen molar-refractivity contribution in [2.75, 3.05) is 19.6 Å². The first-order valence-electron chi connectivity index (χ1n) is 9.94. The summed E-state index contributed by atoms with van der Waals surface area (Å²) in [5.41, 5.74) is 0.145. The number of benzene rings is 1. The number of rotatable bonds is 6. The zero-order valence-corrected chi connectivity index (χ0v) is 15.4. The van der Waals surface area contributed by atoms with E-state index >= 15 is 0 Å². The number of halogens is 1. The summed E-state index contributed by atoms with van der Waals surface area (Å²) in [5.74, 6) is 0.599. The van der Waals surface area contributed by atoms with Crippen molar-refractivity contribution in [3.63, 3.8) is 0 Å². The third-order valence-electron chi connectivity index (χ3n) is 5.85. The monoisotopic (exact) mass is 360 g/mol. The molecule has 0 bridgehead atoms. The normalized spacial score (nSPS) is 18.9. The number of likely N-dealkylation sites (tertiary alicyclic amines) is 1. The average Bonchev–Trinajstić information content (AvgIpc) is 3.18. The van der Waals surface area contributed by atoms with Gasteiger partial charge in [-0.15, -0.1) is 0 Å². The molecule has 1 saturated carbocycles. The van der Waals surface area contributed by atoms with Crippen molar-refractivity contribution in [2.24, 2.45) is 11.8 Å². The van der Waals surface area contributed by atoms with Gasteiger partial charge in [0.05, 0.1) is 5.56 Å². The Hall–Kier alpha value is -1.91. The van der Waals surface area contributed by atoms with Crippen LogP contribution in [-0.2, 0) is 4.79 Å². The van der Waals surface area contributed by atoms with Gasteiger partial charge in [0.25, 0.3) is 5.91 Å². The van der Waals surface area contributed by atoms with Crippen LogP contribution in [0.15, 0.2) is 24.3 Å². The molecule has 2 fully saturated rings. The molecule has 1 aromatic rings. The molecule has 0 aromatic heterocycles. The van der Waals surface area contributed by atoms with Gasteiger partial charge in [0.15, 0.2) is 0 Å². The number of hydrogen-bond acceptors (Lipinski definition) is 2. The molecule has 0 spiro atoms. The first-order chi connectivity index (χ1) is 12.6. The number of carbonyl (C=O) groups excluding carboxylic acids is 2. The number of amides is 2. The molecule has 0 radical (unpaired) electrons. The fourth-order valence-electron chi connectivity index (χ4n) is 4.13. The second kappa shape index (κ2) is 9.15. The van der Waals surface area contributed by atoms with Crippen LogP contribution in [0, 0.1) is 17.7 Å². The lowest BCUT2D eigenvalue weighted by atomic mass is 9.96. The number of hydrogen-bond donors (Lipinski definition) is 1. The van der Waals surface area contributed by atoms with Crippen molar-refractivity contribution in [1.82, 2.24) is 10.2 Å². The van der Waals surface area contributed by atoms with Crippen molar-refractivity contribution >= 4 is 11.8 Å². The molecule has 1 saturated heterocycles. The molecular formula is C21H29FN2O2. The molecule has 1 aliphatic heterocycles. The summed E-state index contributed by atoms with van der Waals surface area (Å²) in [5, 5.41) is 3.06. The molecule has 2 amide bonds. The van der Waals surface area contributed by atoms with Gasteiger partial charge in [0.2, 0.25) is 5.91 Å². The van der Waals surface area contributed by atoms with E-state index in [0.29, 0.717) is 32.0 Å². The van der Waals surface area contributed by atoms with Gasteiger partial charge < -0.3 is 10.2 Å². The first-order valence-corrected chi connectivity index (χ1v) is 9.94. The quantitative estimate of drug-likeness (QED) is 0.840. The highest BCUT2D eigenvalue weighted by Gasteiger charge is 2.25. The second-order valence-electron chi connectivity index (χ2n) is 7.71. The number of piperidine rings is 1. The minimum absolute atomic E-state index is 0.145. The Balaban J connectivity index is 1.36. The summed E-state index contributed by atoms with van der Waals surface area (Å²) in [4.78, 5) is 26.2. The Labute approximate surface area is 155 Å². The van der Waals surface area contributed by atoms with E-state index in [-0.39, 0.29) is 17.4 Å². The maximum atomic E-state index is 13.8. The minimum Gasteiger partial charge on any atom is -0.356 e. The molecule has 1 aromatic carbocycles. The minimum atomic E-state index is -0.464. The predicted octanol–water partition coefficient (Wildman–Crippen LogP) is 3.76. The van der Waals surface area contributed by atoms with Crippen molar-refractivity contribution in [2.45, 2.75) is 51.4 Å². The maximum Gasteiger partial charge on any atom is 0.256 e. The van der Waals surface area contributed by atoms with Crippen LogP contribution in [0.3, 0.4) is 0 Å². The summed E-state index contributed by atoms with van der Waals surface area (Å²) in [7, 11) is 0. The van der Waals surface area contributed by atoms with Crippen molar-refractivity contribution in [3.8, 4) is 0 Å². The van der Waals surface area contributed by atoms with Crippen LogP contribution >= 0.6 is 0 Å². The van der Waals surface area contributed by atoms with Gasteiger partial charge in [-0.25, -0.2) is 4.39 Å². The van der Waals surface area contributed by atoms with Gasteiger partial charge in [-0.2, -0.15) is 0 Å². The van der Waals surface area contributed by atoms with Crippen LogP contribution in [-0.4, -0.2) is 36.3 Å². The molecule has 2 aliphatic rings. The highest BCUT2D eigenvalue weighted by atomic mass is 19.1. The maximum absolute atomic E-state index is 13.8. The lowest BCUT2D eigenvalue weighted by molar-refractivity contribution is -0.121. The predicted molar refractivity (Wildman–Crippen MR) is 99.2 cm³/mol. The first kappa shape index (κ1) is 18.9. The third kappa shape index (κ3) is 5.05. The zero-order valence-electron chi connectivity index (χ0n) is 15.4. The molecule has 0 unspecified atom stereocenters. The molecule has 26 heavy (non-hydrogen) atoms. The standard InChI is InChI=1S/C21H29FN2O2/c22-19-8-4-3-7-18(19)21(26)24-13-11-17(12-14-24)15-23-20(25)10-9-16-5-1-2-6-16/h3-4,7-8,16-17H,1-2,5-6,9-15H2,(H,23,25). The van der Waals surface area contributed by atoms with Crippen molar-refractivity contribution < 1.29 is 14.0 Å². The van der Waals surface area contributed by atoms with E-state index in [1.54, 1.807) is 17.0 Å². The summed E-state index contributed by atoms with van der Waals surface area (Å²) >= 11 is 0. The summed E-state index contributed by atoms with van der Waals surface area (Å²) in [6.07, 6.45) is 8.54. The van der Waals surface area contributed by atoms with Crippen LogP contribution in [0.2, 0.25) is 0 Å². The number of nitrogens with one attached hydrogen (secondary N) is 1. The molecular weight excluding hydrogens is 331 g/mol. The lowest BCUT2D eigenvalue weighted by Gasteiger charge is -2.32. The summed E-state index contributed by atoms with van der Waals surface area (Å²) in [6.45, 7) is 1.93. The van der Waals surface area contributed by atoms with Gasteiger partial charge in [-0.1, -0.05) is 37.8 Å². The lowest BCUT2D eigenvalue weighted by Crippen LogP contribution is -2.41. The van der Waals surface area contributed by atoms with Gasteiger partial charge >= 0.3 is 0 Å². The van der Waals surface area contributed by atoms with Gasteiger partial charge in [0, 0.05) is 26.1 Å². The van der Waals surface area contributed by atoms with Crippen LogP contribution in [0.25, 0.3) is 0 Å². The highest BCUT2D eigenvalue weighted by Crippen LogP contribution is 2.28. The van der Waals surface area contributed by atoms with E-state index in [1.807, 2.05) is 0 Å². The van der Waals surface area contributed by atoms with Crippen LogP contribution in [0.5, 0.6) is 0 Å². The topological polar surface area (TPSA) is 49.4 Å². The second-order valence-corrected chi connectivity index (χ2v) is 7.71. The fraction of sp³-hybridized carbons (Fsp3) is 0.619. The smallest absolute Gasteiger partial charge is 0.256 e. The largest absolute Gasteiger partial charge is 0.356 e. The highest BCUT2D eigenvalue weighted by molar-refractivity contribution is 5.94.